The summed E-state index contributed by atoms with van der Waals surface area (Å²) in [5, 5.41) is 3.52. The number of methoxy groups -OCH3 is 1. The van der Waals surface area contributed by atoms with Crippen molar-refractivity contribution in [3.05, 3.63) is 82.5 Å². The molecule has 1 N–H and O–H groups in total. The summed E-state index contributed by atoms with van der Waals surface area (Å²) in [7, 11) is 1.40. The second-order valence-electron chi connectivity index (χ2n) is 7.68. The van der Waals surface area contributed by atoms with Crippen LogP contribution in [0.4, 0.5) is 11.5 Å². The molecule has 0 amide bonds. The highest BCUT2D eigenvalue weighted by Gasteiger charge is 2.32. The molecule has 1 aromatic heterocycles. The summed E-state index contributed by atoms with van der Waals surface area (Å²) in [6, 6.07) is 16.2. The number of rotatable bonds is 5. The number of aryl methyl sites for hydroxylation is 1. The number of nitrogens with one attached hydrogen (secondary N) is 1. The Morgan fingerprint density at radius 2 is 2.07 bits per heavy atom. The third-order valence-corrected chi connectivity index (χ3v) is 5.72. The Morgan fingerprint density at radius 1 is 1.23 bits per heavy atom. The van der Waals surface area contributed by atoms with Gasteiger partial charge in [-0.2, -0.15) is 0 Å². The lowest BCUT2D eigenvalue weighted by atomic mass is 9.83. The first kappa shape index (κ1) is 18.5. The lowest BCUT2D eigenvalue weighted by Crippen LogP contribution is -2.34. The zero-order valence-corrected chi connectivity index (χ0v) is 17.0. The predicted octanol–water partition coefficient (Wildman–Crippen LogP) is 4.09. The third kappa shape index (κ3) is 3.14. The Morgan fingerprint density at radius 3 is 2.83 bits per heavy atom. The summed E-state index contributed by atoms with van der Waals surface area (Å²) in [6.07, 6.45) is 1.75. The molecule has 6 nitrogen and oxygen atoms in total. The quantitative estimate of drug-likeness (QED) is 0.650. The molecule has 6 rings (SSSR count). The highest BCUT2D eigenvalue weighted by molar-refractivity contribution is 5.93. The molecule has 1 atom stereocenters. The number of anilines is 2. The zero-order chi connectivity index (χ0) is 20.7. The minimum atomic E-state index is -0.324. The average molecular weight is 401 g/mol. The van der Waals surface area contributed by atoms with Gasteiger partial charge in [0.1, 0.15) is 18.0 Å². The Balaban J connectivity index is 1.44. The van der Waals surface area contributed by atoms with Gasteiger partial charge in [-0.15, -0.1) is 0 Å². The number of esters is 1. The molecular formula is C24H23N3O3. The van der Waals surface area contributed by atoms with E-state index in [0.29, 0.717) is 12.2 Å². The van der Waals surface area contributed by atoms with Crippen molar-refractivity contribution < 1.29 is 14.3 Å². The van der Waals surface area contributed by atoms with Gasteiger partial charge >= 0.3 is 5.97 Å². The summed E-state index contributed by atoms with van der Waals surface area (Å²) in [4.78, 5) is 19.0. The van der Waals surface area contributed by atoms with Crippen LogP contribution in [0.15, 0.2) is 54.7 Å². The van der Waals surface area contributed by atoms with Gasteiger partial charge < -0.3 is 19.7 Å². The molecule has 0 saturated heterocycles. The highest BCUT2D eigenvalue weighted by Crippen LogP contribution is 2.43. The fourth-order valence-electron chi connectivity index (χ4n) is 4.09. The van der Waals surface area contributed by atoms with Crippen molar-refractivity contribution in [3.8, 4) is 5.75 Å². The molecule has 2 aliphatic carbocycles. The summed E-state index contributed by atoms with van der Waals surface area (Å²) >= 11 is 0. The van der Waals surface area contributed by atoms with Crippen molar-refractivity contribution in [1.82, 2.24) is 4.98 Å². The molecule has 0 spiro atoms. The molecule has 0 radical (unpaired) electrons. The molecule has 3 aliphatic rings. The van der Waals surface area contributed by atoms with Crippen LogP contribution in [0.2, 0.25) is 0 Å². The van der Waals surface area contributed by atoms with Crippen molar-refractivity contribution in [2.45, 2.75) is 19.5 Å². The average Bonchev–Trinajstić information content (AvgIpc) is 2.78. The monoisotopic (exact) mass is 401 g/mol. The molecule has 2 heterocycles. The number of hydrogen-bond donors (Lipinski definition) is 1. The smallest absolute Gasteiger partial charge is 0.338 e. The van der Waals surface area contributed by atoms with E-state index in [2.05, 4.69) is 46.4 Å². The van der Waals surface area contributed by atoms with Gasteiger partial charge in [-0.1, -0.05) is 42.0 Å². The van der Waals surface area contributed by atoms with Crippen molar-refractivity contribution in [2.75, 3.05) is 30.5 Å². The van der Waals surface area contributed by atoms with Crippen LogP contribution >= 0.6 is 0 Å². The number of nitrogens with zero attached hydrogens (tertiary/aromatic N) is 2. The molecule has 0 unspecified atom stereocenters. The maximum absolute atomic E-state index is 12.1. The standard InChI is InChI=1S/C24H23N3O3/c1-15-3-5-16(6-4-15)14-27-11-12-30-20-9-10-25-23(22(20)27)26-21-17-7-8-18(19(21)13-17)24(28)29-2/h3-10,13,21H,11-12,14H2,1-2H3,(H,25,26)/t21-/m1/s1. The summed E-state index contributed by atoms with van der Waals surface area (Å²) in [5.41, 5.74) is 6.09. The van der Waals surface area contributed by atoms with Crippen molar-refractivity contribution in [1.29, 1.82) is 0 Å². The number of ether oxygens (including phenoxy) is 2. The van der Waals surface area contributed by atoms with Crippen molar-refractivity contribution in [2.24, 2.45) is 0 Å². The number of fused-ring (bicyclic) bond motifs is 3. The first-order chi connectivity index (χ1) is 14.6. The molecule has 152 valence electrons. The van der Waals surface area contributed by atoms with Gasteiger partial charge in [-0.05, 0) is 29.7 Å². The molecule has 2 bridgehead atoms. The fraction of sp³-hybridized carbons (Fsp3) is 0.250. The van der Waals surface area contributed by atoms with Crippen molar-refractivity contribution in [3.63, 3.8) is 0 Å². The molecule has 0 fully saturated rings. The highest BCUT2D eigenvalue weighted by atomic mass is 16.5. The van der Waals surface area contributed by atoms with Gasteiger partial charge in [0.15, 0.2) is 5.82 Å². The number of carbonyl (C=O) groups is 1. The minimum absolute atomic E-state index is 0.0775. The van der Waals surface area contributed by atoms with Crippen LogP contribution in [0.5, 0.6) is 5.75 Å². The van der Waals surface area contributed by atoms with Gasteiger partial charge in [-0.25, -0.2) is 9.78 Å². The summed E-state index contributed by atoms with van der Waals surface area (Å²) in [5.74, 6) is 1.25. The summed E-state index contributed by atoms with van der Waals surface area (Å²) < 4.78 is 10.8. The molecule has 2 aromatic carbocycles. The van der Waals surface area contributed by atoms with Crippen LogP contribution in [0.1, 0.15) is 38.7 Å². The number of hydrogen-bond acceptors (Lipinski definition) is 6. The maximum atomic E-state index is 12.1. The van der Waals surface area contributed by atoms with E-state index in [-0.39, 0.29) is 12.0 Å². The fourth-order valence-corrected chi connectivity index (χ4v) is 4.09. The normalized spacial score (nSPS) is 16.2. The van der Waals surface area contributed by atoms with E-state index in [0.717, 1.165) is 41.5 Å². The first-order valence-corrected chi connectivity index (χ1v) is 10.0. The van der Waals surface area contributed by atoms with Gasteiger partial charge in [0.25, 0.3) is 0 Å². The minimum Gasteiger partial charge on any atom is -0.489 e. The number of benzene rings is 2. The van der Waals surface area contributed by atoms with Crippen LogP contribution < -0.4 is 15.0 Å². The Hall–Kier alpha value is -3.54. The third-order valence-electron chi connectivity index (χ3n) is 5.72. The number of aromatic nitrogens is 1. The molecule has 1 aliphatic heterocycles. The molecule has 30 heavy (non-hydrogen) atoms. The largest absolute Gasteiger partial charge is 0.489 e. The van der Waals surface area contributed by atoms with Gasteiger partial charge in [0, 0.05) is 18.8 Å². The topological polar surface area (TPSA) is 63.7 Å². The predicted molar refractivity (Wildman–Crippen MR) is 115 cm³/mol. The van der Waals surface area contributed by atoms with Crippen LogP contribution in [0.3, 0.4) is 0 Å². The molecule has 0 saturated carbocycles. The van der Waals surface area contributed by atoms with E-state index in [1.54, 1.807) is 6.20 Å². The van der Waals surface area contributed by atoms with Crippen LogP contribution in [0.25, 0.3) is 0 Å². The Bertz CT molecular complexity index is 1110. The Labute approximate surface area is 175 Å². The SMILES string of the molecule is COC(=O)c1ccc2cc1[C@@H]2Nc1nccc2c1N(Cc1ccc(C)cc1)CCO2. The maximum Gasteiger partial charge on any atom is 0.338 e. The van der Waals surface area contributed by atoms with E-state index >= 15 is 0 Å². The lowest BCUT2D eigenvalue weighted by Gasteiger charge is -2.35. The molecule has 3 aromatic rings. The number of pyridine rings is 1. The summed E-state index contributed by atoms with van der Waals surface area (Å²) in [6.45, 7) is 4.29. The van der Waals surface area contributed by atoms with Crippen molar-refractivity contribution >= 4 is 17.5 Å². The molecule has 6 heteroatoms. The van der Waals surface area contributed by atoms with Crippen LogP contribution in [0, 0.1) is 6.92 Å². The van der Waals surface area contributed by atoms with E-state index in [4.69, 9.17) is 9.47 Å². The molecular weight excluding hydrogens is 378 g/mol. The van der Waals surface area contributed by atoms with E-state index < -0.39 is 0 Å². The second kappa shape index (κ2) is 7.37. The Kier molecular flexibility index (Phi) is 4.54. The van der Waals surface area contributed by atoms with E-state index in [1.165, 1.54) is 18.2 Å². The van der Waals surface area contributed by atoms with E-state index in [9.17, 15) is 4.79 Å². The zero-order valence-electron chi connectivity index (χ0n) is 17.0. The van der Waals surface area contributed by atoms with E-state index in [1.807, 2.05) is 24.3 Å². The lowest BCUT2D eigenvalue weighted by molar-refractivity contribution is 0.0598. The van der Waals surface area contributed by atoms with Gasteiger partial charge in [0.2, 0.25) is 0 Å². The van der Waals surface area contributed by atoms with Gasteiger partial charge in [0.05, 0.1) is 25.3 Å². The first-order valence-electron chi connectivity index (χ1n) is 10.0. The second-order valence-corrected chi connectivity index (χ2v) is 7.68. The van der Waals surface area contributed by atoms with Gasteiger partial charge in [-0.3, -0.25) is 0 Å². The van der Waals surface area contributed by atoms with Crippen LogP contribution in [-0.4, -0.2) is 31.2 Å². The number of carbonyl (C=O) groups excluding carboxylic acids is 1. The van der Waals surface area contributed by atoms with Crippen LogP contribution in [-0.2, 0) is 11.3 Å².